The molecule has 1 amide bonds. The summed E-state index contributed by atoms with van der Waals surface area (Å²) in [6.07, 6.45) is 3.38. The van der Waals surface area contributed by atoms with Gasteiger partial charge in [0.2, 0.25) is 5.91 Å². The second-order valence-corrected chi connectivity index (χ2v) is 5.69. The van der Waals surface area contributed by atoms with Crippen LogP contribution in [-0.2, 0) is 10.5 Å². The van der Waals surface area contributed by atoms with E-state index in [0.29, 0.717) is 5.69 Å². The molecule has 0 saturated heterocycles. The number of hydrogen-bond acceptors (Lipinski definition) is 5. The third-order valence-corrected chi connectivity index (χ3v) is 4.38. The molecule has 0 aliphatic heterocycles. The minimum absolute atomic E-state index is 0.193. The van der Waals surface area contributed by atoms with Crippen molar-refractivity contribution in [1.29, 1.82) is 0 Å². The number of nitrogen functional groups attached to an aromatic ring is 1. The van der Waals surface area contributed by atoms with Crippen molar-refractivity contribution < 1.29 is 4.79 Å². The van der Waals surface area contributed by atoms with E-state index in [1.54, 1.807) is 24.2 Å². The maximum atomic E-state index is 11.5. The molecule has 1 aromatic heterocycles. The number of aromatic nitrogens is 1. The van der Waals surface area contributed by atoms with Gasteiger partial charge in [-0.3, -0.25) is 15.2 Å². The van der Waals surface area contributed by atoms with Gasteiger partial charge in [0, 0.05) is 16.8 Å². The number of thioether (sulfide) groups is 1. The van der Waals surface area contributed by atoms with Gasteiger partial charge in [0.25, 0.3) is 0 Å². The van der Waals surface area contributed by atoms with Gasteiger partial charge in [0.15, 0.2) is 0 Å². The van der Waals surface area contributed by atoms with E-state index in [9.17, 15) is 4.79 Å². The fraction of sp³-hybridized carbons (Fsp3) is 0.200. The Kier molecular flexibility index (Phi) is 5.19. The third-order valence-electron chi connectivity index (χ3n) is 3.22. The molecule has 1 aromatic carbocycles. The van der Waals surface area contributed by atoms with Gasteiger partial charge in [-0.1, -0.05) is 24.3 Å². The molecule has 0 aliphatic carbocycles. The Balaban J connectivity index is 2.00. The highest BCUT2D eigenvalue weighted by Gasteiger charge is 2.13. The SMILES string of the molecule is CC(C(=O)NN)c1ccc(CSc2ccncc2N)cc1. The van der Waals surface area contributed by atoms with Gasteiger partial charge < -0.3 is 5.73 Å². The summed E-state index contributed by atoms with van der Waals surface area (Å²) in [5.74, 6) is 5.51. The molecule has 0 bridgehead atoms. The van der Waals surface area contributed by atoms with Gasteiger partial charge >= 0.3 is 0 Å². The first kappa shape index (κ1) is 15.3. The predicted octanol–water partition coefficient (Wildman–Crippen LogP) is 2.05. The zero-order valence-corrected chi connectivity index (χ0v) is 12.6. The Labute approximate surface area is 128 Å². The van der Waals surface area contributed by atoms with Crippen molar-refractivity contribution in [2.24, 2.45) is 5.84 Å². The van der Waals surface area contributed by atoms with Crippen LogP contribution in [0.4, 0.5) is 5.69 Å². The monoisotopic (exact) mass is 302 g/mol. The van der Waals surface area contributed by atoms with Gasteiger partial charge in [0.1, 0.15) is 0 Å². The molecule has 1 atom stereocenters. The molecule has 5 nitrogen and oxygen atoms in total. The normalized spacial score (nSPS) is 11.9. The average molecular weight is 302 g/mol. The highest BCUT2D eigenvalue weighted by molar-refractivity contribution is 7.98. The van der Waals surface area contributed by atoms with Gasteiger partial charge in [-0.15, -0.1) is 11.8 Å². The molecular weight excluding hydrogens is 284 g/mol. The molecule has 1 unspecified atom stereocenters. The topological polar surface area (TPSA) is 94.0 Å². The van der Waals surface area contributed by atoms with Crippen molar-refractivity contribution in [2.75, 3.05) is 5.73 Å². The molecule has 5 N–H and O–H groups in total. The fourth-order valence-electron chi connectivity index (χ4n) is 1.87. The van der Waals surface area contributed by atoms with Crippen LogP contribution in [0.1, 0.15) is 24.0 Å². The quantitative estimate of drug-likeness (QED) is 0.340. The number of hydrogen-bond donors (Lipinski definition) is 3. The third kappa shape index (κ3) is 3.96. The molecule has 2 rings (SSSR count). The molecule has 0 fully saturated rings. The summed E-state index contributed by atoms with van der Waals surface area (Å²) in [6, 6.07) is 9.83. The van der Waals surface area contributed by atoms with E-state index in [4.69, 9.17) is 11.6 Å². The maximum absolute atomic E-state index is 11.5. The summed E-state index contributed by atoms with van der Waals surface area (Å²) in [6.45, 7) is 1.82. The number of pyridine rings is 1. The summed E-state index contributed by atoms with van der Waals surface area (Å²) < 4.78 is 0. The van der Waals surface area contributed by atoms with E-state index in [2.05, 4.69) is 10.4 Å². The lowest BCUT2D eigenvalue weighted by Gasteiger charge is -2.11. The number of anilines is 1. The van der Waals surface area contributed by atoms with Crippen LogP contribution in [0.25, 0.3) is 0 Å². The summed E-state index contributed by atoms with van der Waals surface area (Å²) in [7, 11) is 0. The van der Waals surface area contributed by atoms with Crippen LogP contribution < -0.4 is 17.0 Å². The van der Waals surface area contributed by atoms with Gasteiger partial charge in [-0.25, -0.2) is 5.84 Å². The maximum Gasteiger partial charge on any atom is 0.241 e. The lowest BCUT2D eigenvalue weighted by molar-refractivity contribution is -0.122. The Hall–Kier alpha value is -2.05. The van der Waals surface area contributed by atoms with Crippen LogP contribution in [0.2, 0.25) is 0 Å². The molecule has 21 heavy (non-hydrogen) atoms. The van der Waals surface area contributed by atoms with Crippen LogP contribution >= 0.6 is 11.8 Å². The number of nitrogens with two attached hydrogens (primary N) is 2. The lowest BCUT2D eigenvalue weighted by Crippen LogP contribution is -2.33. The van der Waals surface area contributed by atoms with Crippen molar-refractivity contribution in [2.45, 2.75) is 23.5 Å². The lowest BCUT2D eigenvalue weighted by atomic mass is 9.99. The molecular formula is C15H18N4OS. The van der Waals surface area contributed by atoms with E-state index >= 15 is 0 Å². The van der Waals surface area contributed by atoms with Crippen LogP contribution in [-0.4, -0.2) is 10.9 Å². The number of amides is 1. The predicted molar refractivity (Wildman–Crippen MR) is 85.4 cm³/mol. The zero-order chi connectivity index (χ0) is 15.2. The first-order chi connectivity index (χ1) is 10.1. The summed E-state index contributed by atoms with van der Waals surface area (Å²) in [5.41, 5.74) is 10.8. The summed E-state index contributed by atoms with van der Waals surface area (Å²) >= 11 is 1.66. The second-order valence-electron chi connectivity index (χ2n) is 4.67. The van der Waals surface area contributed by atoms with Gasteiger partial charge in [0.05, 0.1) is 17.8 Å². The number of benzene rings is 1. The fourth-order valence-corrected chi connectivity index (χ4v) is 2.76. The molecule has 110 valence electrons. The molecule has 0 radical (unpaired) electrons. The van der Waals surface area contributed by atoms with E-state index in [1.165, 1.54) is 5.56 Å². The molecule has 0 saturated carbocycles. The van der Waals surface area contributed by atoms with E-state index in [0.717, 1.165) is 16.2 Å². The Bertz CT molecular complexity index is 615. The first-order valence-electron chi connectivity index (χ1n) is 6.53. The standard InChI is InChI=1S/C15H18N4OS/c1-10(15(20)19-17)12-4-2-11(3-5-12)9-21-14-6-7-18-8-13(14)16/h2-8,10H,9,16-17H2,1H3,(H,19,20). The summed E-state index contributed by atoms with van der Waals surface area (Å²) in [4.78, 5) is 16.5. The Morgan fingerprint density at radius 1 is 1.33 bits per heavy atom. The smallest absolute Gasteiger partial charge is 0.241 e. The zero-order valence-electron chi connectivity index (χ0n) is 11.7. The molecule has 0 spiro atoms. The van der Waals surface area contributed by atoms with Crippen LogP contribution in [0.15, 0.2) is 47.6 Å². The van der Waals surface area contributed by atoms with Crippen LogP contribution in [0.5, 0.6) is 0 Å². The largest absolute Gasteiger partial charge is 0.397 e. The molecule has 0 aliphatic rings. The van der Waals surface area contributed by atoms with Crippen molar-refractivity contribution in [3.8, 4) is 0 Å². The Morgan fingerprint density at radius 3 is 2.67 bits per heavy atom. The highest BCUT2D eigenvalue weighted by Crippen LogP contribution is 2.27. The van der Waals surface area contributed by atoms with Crippen molar-refractivity contribution in [3.05, 3.63) is 53.9 Å². The number of rotatable bonds is 5. The van der Waals surface area contributed by atoms with Gasteiger partial charge in [-0.05, 0) is 24.1 Å². The van der Waals surface area contributed by atoms with E-state index in [-0.39, 0.29) is 11.8 Å². The first-order valence-corrected chi connectivity index (χ1v) is 7.52. The van der Waals surface area contributed by atoms with E-state index in [1.807, 2.05) is 37.3 Å². The number of hydrazine groups is 1. The number of carbonyl (C=O) groups is 1. The highest BCUT2D eigenvalue weighted by atomic mass is 32.2. The minimum Gasteiger partial charge on any atom is -0.397 e. The van der Waals surface area contributed by atoms with Gasteiger partial charge in [-0.2, -0.15) is 0 Å². The second kappa shape index (κ2) is 7.10. The number of nitrogens with one attached hydrogen (secondary N) is 1. The minimum atomic E-state index is -0.257. The number of carbonyl (C=O) groups excluding carboxylic acids is 1. The van der Waals surface area contributed by atoms with Crippen molar-refractivity contribution in [3.63, 3.8) is 0 Å². The van der Waals surface area contributed by atoms with Crippen molar-refractivity contribution in [1.82, 2.24) is 10.4 Å². The molecule has 1 heterocycles. The van der Waals surface area contributed by atoms with Crippen LogP contribution in [0.3, 0.4) is 0 Å². The number of nitrogens with zero attached hydrogens (tertiary/aromatic N) is 1. The molecule has 2 aromatic rings. The summed E-state index contributed by atoms with van der Waals surface area (Å²) in [5, 5.41) is 0. The van der Waals surface area contributed by atoms with Crippen molar-refractivity contribution >= 4 is 23.4 Å². The van der Waals surface area contributed by atoms with E-state index < -0.39 is 0 Å². The van der Waals surface area contributed by atoms with Crippen LogP contribution in [0, 0.1) is 0 Å². The average Bonchev–Trinajstić information content (AvgIpc) is 2.53. The molecule has 6 heteroatoms. The Morgan fingerprint density at radius 2 is 2.05 bits per heavy atom.